The van der Waals surface area contributed by atoms with Gasteiger partial charge >= 0.3 is 0 Å². The Morgan fingerprint density at radius 2 is 1.94 bits per heavy atom. The highest BCUT2D eigenvalue weighted by atomic mass is 16.5. The van der Waals surface area contributed by atoms with Crippen LogP contribution in [0.5, 0.6) is 5.75 Å². The molecule has 0 spiro atoms. The zero-order valence-electron chi connectivity index (χ0n) is 11.0. The maximum absolute atomic E-state index is 12.0. The number of ether oxygens (including phenoxy) is 1. The molecule has 1 aliphatic rings. The summed E-state index contributed by atoms with van der Waals surface area (Å²) in [5.74, 6) is 0.683. The summed E-state index contributed by atoms with van der Waals surface area (Å²) in [6, 6.07) is 7.46. The molecule has 1 fully saturated rings. The topological polar surface area (TPSA) is 41.6 Å². The molecule has 98 valence electrons. The Morgan fingerprint density at radius 3 is 2.61 bits per heavy atom. The number of amides is 1. The summed E-state index contributed by atoms with van der Waals surface area (Å²) in [6.07, 6.45) is 2.19. The summed E-state index contributed by atoms with van der Waals surface area (Å²) >= 11 is 0. The van der Waals surface area contributed by atoms with Crippen LogP contribution in [0.2, 0.25) is 0 Å². The number of para-hydroxylation sites is 1. The predicted molar refractivity (Wildman–Crippen MR) is 71.0 cm³/mol. The van der Waals surface area contributed by atoms with Gasteiger partial charge in [-0.25, -0.2) is 0 Å². The van der Waals surface area contributed by atoms with E-state index >= 15 is 0 Å². The van der Waals surface area contributed by atoms with Gasteiger partial charge in [-0.15, -0.1) is 0 Å². The van der Waals surface area contributed by atoms with Crippen LogP contribution in [0.4, 0.5) is 0 Å². The maximum Gasteiger partial charge on any atom is 0.257 e. The fourth-order valence-corrected chi connectivity index (χ4v) is 2.08. The van der Waals surface area contributed by atoms with Gasteiger partial charge in [0.2, 0.25) is 0 Å². The van der Waals surface area contributed by atoms with Crippen LogP contribution in [0.15, 0.2) is 24.3 Å². The Labute approximate surface area is 108 Å². The smallest absolute Gasteiger partial charge is 0.257 e. The molecule has 1 aromatic rings. The van der Waals surface area contributed by atoms with E-state index in [0.29, 0.717) is 11.3 Å². The van der Waals surface area contributed by atoms with Gasteiger partial charge in [0.1, 0.15) is 11.9 Å². The second-order valence-electron chi connectivity index (χ2n) is 4.76. The minimum absolute atomic E-state index is 0.0143. The summed E-state index contributed by atoms with van der Waals surface area (Å²) in [7, 11) is 3.51. The van der Waals surface area contributed by atoms with Crippen LogP contribution in [0.3, 0.4) is 0 Å². The summed E-state index contributed by atoms with van der Waals surface area (Å²) in [4.78, 5) is 13.6. The number of rotatable bonds is 3. The second kappa shape index (κ2) is 5.87. The Balaban J connectivity index is 2.14. The lowest BCUT2D eigenvalue weighted by Crippen LogP contribution is -2.34. The van der Waals surface area contributed by atoms with Crippen molar-refractivity contribution < 1.29 is 9.53 Å². The second-order valence-corrected chi connectivity index (χ2v) is 4.76. The molecule has 1 heterocycles. The van der Waals surface area contributed by atoms with Crippen molar-refractivity contribution in [3.05, 3.63) is 29.8 Å². The van der Waals surface area contributed by atoms with E-state index in [1.54, 1.807) is 19.0 Å². The van der Waals surface area contributed by atoms with E-state index in [4.69, 9.17) is 4.74 Å². The highest BCUT2D eigenvalue weighted by Crippen LogP contribution is 2.22. The lowest BCUT2D eigenvalue weighted by Gasteiger charge is -2.25. The third-order valence-corrected chi connectivity index (χ3v) is 3.10. The van der Waals surface area contributed by atoms with Crippen molar-refractivity contribution in [2.75, 3.05) is 27.2 Å². The minimum Gasteiger partial charge on any atom is -0.489 e. The number of nitrogens with zero attached hydrogens (tertiary/aromatic N) is 1. The fraction of sp³-hybridized carbons (Fsp3) is 0.500. The number of piperidine rings is 1. The predicted octanol–water partition coefficient (Wildman–Crippen LogP) is 1.52. The molecule has 0 aliphatic carbocycles. The highest BCUT2D eigenvalue weighted by molar-refractivity contribution is 5.96. The number of carbonyl (C=O) groups excluding carboxylic acids is 1. The van der Waals surface area contributed by atoms with Crippen molar-refractivity contribution in [3.8, 4) is 5.75 Å². The van der Waals surface area contributed by atoms with Gasteiger partial charge in [-0.2, -0.15) is 0 Å². The van der Waals surface area contributed by atoms with E-state index in [2.05, 4.69) is 5.32 Å². The molecule has 1 amide bonds. The van der Waals surface area contributed by atoms with Crippen LogP contribution in [0.25, 0.3) is 0 Å². The molecule has 0 aromatic heterocycles. The Morgan fingerprint density at radius 1 is 1.28 bits per heavy atom. The van der Waals surface area contributed by atoms with E-state index in [9.17, 15) is 4.79 Å². The van der Waals surface area contributed by atoms with Gasteiger partial charge in [-0.3, -0.25) is 4.79 Å². The van der Waals surface area contributed by atoms with E-state index < -0.39 is 0 Å². The zero-order chi connectivity index (χ0) is 13.0. The van der Waals surface area contributed by atoms with Gasteiger partial charge in [-0.05, 0) is 38.1 Å². The van der Waals surface area contributed by atoms with Crippen molar-refractivity contribution in [3.63, 3.8) is 0 Å². The van der Waals surface area contributed by atoms with Crippen LogP contribution >= 0.6 is 0 Å². The molecule has 0 bridgehead atoms. The number of benzene rings is 1. The van der Waals surface area contributed by atoms with Crippen LogP contribution in [-0.4, -0.2) is 44.1 Å². The largest absolute Gasteiger partial charge is 0.489 e. The van der Waals surface area contributed by atoms with E-state index in [1.165, 1.54) is 0 Å². The van der Waals surface area contributed by atoms with E-state index in [-0.39, 0.29) is 12.0 Å². The standard InChI is InChI=1S/C14H20N2O2/c1-16(2)14(17)12-5-3-4-6-13(12)18-11-7-9-15-10-8-11/h3-6,11,15H,7-10H2,1-2H3. The van der Waals surface area contributed by atoms with Crippen molar-refractivity contribution >= 4 is 5.91 Å². The van der Waals surface area contributed by atoms with Gasteiger partial charge in [0.05, 0.1) is 5.56 Å². The molecule has 1 saturated heterocycles. The SMILES string of the molecule is CN(C)C(=O)c1ccccc1OC1CCNCC1. The number of nitrogens with one attached hydrogen (secondary N) is 1. The molecule has 18 heavy (non-hydrogen) atoms. The van der Waals surface area contributed by atoms with Crippen molar-refractivity contribution in [2.45, 2.75) is 18.9 Å². The maximum atomic E-state index is 12.0. The lowest BCUT2D eigenvalue weighted by atomic mass is 10.1. The first-order valence-electron chi connectivity index (χ1n) is 6.36. The van der Waals surface area contributed by atoms with Crippen LogP contribution in [0.1, 0.15) is 23.2 Å². The number of hydrogen-bond donors (Lipinski definition) is 1. The first-order chi connectivity index (χ1) is 8.68. The average molecular weight is 248 g/mol. The van der Waals surface area contributed by atoms with E-state index in [0.717, 1.165) is 25.9 Å². The van der Waals surface area contributed by atoms with Crippen molar-refractivity contribution in [1.82, 2.24) is 10.2 Å². The first kappa shape index (κ1) is 12.9. The third-order valence-electron chi connectivity index (χ3n) is 3.10. The minimum atomic E-state index is -0.0143. The zero-order valence-corrected chi connectivity index (χ0v) is 11.0. The molecule has 1 aliphatic heterocycles. The van der Waals surface area contributed by atoms with Crippen LogP contribution in [0, 0.1) is 0 Å². The van der Waals surface area contributed by atoms with Crippen molar-refractivity contribution in [2.24, 2.45) is 0 Å². The summed E-state index contributed by atoms with van der Waals surface area (Å²) < 4.78 is 5.97. The third kappa shape index (κ3) is 3.01. The average Bonchev–Trinajstić information content (AvgIpc) is 2.39. The summed E-state index contributed by atoms with van der Waals surface area (Å²) in [6.45, 7) is 1.96. The van der Waals surface area contributed by atoms with Gasteiger partial charge in [0.15, 0.2) is 0 Å². The summed E-state index contributed by atoms with van der Waals surface area (Å²) in [5.41, 5.74) is 0.640. The van der Waals surface area contributed by atoms with Gasteiger partial charge < -0.3 is 15.0 Å². The van der Waals surface area contributed by atoms with Gasteiger partial charge in [0, 0.05) is 14.1 Å². The Kier molecular flexibility index (Phi) is 4.20. The quantitative estimate of drug-likeness (QED) is 0.881. The molecule has 2 rings (SSSR count). The molecule has 0 atom stereocenters. The normalized spacial score (nSPS) is 16.3. The van der Waals surface area contributed by atoms with Gasteiger partial charge in [0.25, 0.3) is 5.91 Å². The Bertz CT molecular complexity index is 412. The lowest BCUT2D eigenvalue weighted by molar-refractivity contribution is 0.0817. The van der Waals surface area contributed by atoms with Crippen LogP contribution < -0.4 is 10.1 Å². The van der Waals surface area contributed by atoms with Crippen LogP contribution in [-0.2, 0) is 0 Å². The monoisotopic (exact) mass is 248 g/mol. The number of hydrogen-bond acceptors (Lipinski definition) is 3. The molecule has 0 unspecified atom stereocenters. The molecule has 1 aromatic carbocycles. The summed E-state index contributed by atoms with van der Waals surface area (Å²) in [5, 5.41) is 3.30. The molecule has 4 nitrogen and oxygen atoms in total. The first-order valence-corrected chi connectivity index (χ1v) is 6.36. The molecule has 0 radical (unpaired) electrons. The number of carbonyl (C=O) groups is 1. The van der Waals surface area contributed by atoms with Gasteiger partial charge in [-0.1, -0.05) is 12.1 Å². The molecular formula is C14H20N2O2. The Hall–Kier alpha value is -1.55. The van der Waals surface area contributed by atoms with E-state index in [1.807, 2.05) is 24.3 Å². The molecule has 4 heteroatoms. The molecule has 0 saturated carbocycles. The highest BCUT2D eigenvalue weighted by Gasteiger charge is 2.19. The van der Waals surface area contributed by atoms with Crippen molar-refractivity contribution in [1.29, 1.82) is 0 Å². The fourth-order valence-electron chi connectivity index (χ4n) is 2.08. The molecule has 1 N–H and O–H groups in total. The molecular weight excluding hydrogens is 228 g/mol.